The molecule has 0 atom stereocenters. The monoisotopic (exact) mass is 974 g/mol. The Hall–Kier alpha value is -5.74. The van der Waals surface area contributed by atoms with Crippen molar-refractivity contribution < 1.29 is 31.2 Å². The van der Waals surface area contributed by atoms with Crippen molar-refractivity contribution >= 4 is 32.1 Å². The van der Waals surface area contributed by atoms with E-state index >= 15 is 0 Å². The number of carbonyl (C=O) groups excluding carboxylic acids is 2. The molecule has 1 N–H and O–H groups in total. The molecule has 0 aromatic heterocycles. The summed E-state index contributed by atoms with van der Waals surface area (Å²) < 4.78 is 62.8. The lowest BCUT2D eigenvalue weighted by Gasteiger charge is -2.50. The van der Waals surface area contributed by atoms with Crippen molar-refractivity contribution in [2.75, 3.05) is 48.4 Å². The molecule has 2 aliphatic heterocycles. The van der Waals surface area contributed by atoms with Crippen LogP contribution >= 0.6 is 0 Å². The maximum atomic E-state index is 14.1. The fraction of sp³-hybridized carbons (Fsp3) is 0.407. The molecule has 9 rings (SSSR count). The second-order valence-corrected chi connectivity index (χ2v) is 23.4. The molecule has 366 valence electrons. The van der Waals surface area contributed by atoms with Gasteiger partial charge in [0.15, 0.2) is 0 Å². The van der Waals surface area contributed by atoms with E-state index in [1.54, 1.807) is 60.5 Å². The number of nitrogens with one attached hydrogen (secondary N) is 1. The largest absolute Gasteiger partial charge is 0.497 e. The zero-order chi connectivity index (χ0) is 49.4. The molecule has 5 aromatic carbocycles. The Morgan fingerprint density at radius 2 is 0.971 bits per heavy atom. The Morgan fingerprint density at radius 1 is 0.551 bits per heavy atom. The smallest absolute Gasteiger partial charge is 0.334 e. The highest BCUT2D eigenvalue weighted by Crippen LogP contribution is 2.51. The van der Waals surface area contributed by atoms with Crippen molar-refractivity contribution in [3.8, 4) is 5.75 Å². The second kappa shape index (κ2) is 19.2. The minimum Gasteiger partial charge on any atom is -0.497 e. The zero-order valence-electron chi connectivity index (χ0n) is 40.9. The highest BCUT2D eigenvalue weighted by atomic mass is 32.2. The third-order valence-corrected chi connectivity index (χ3v) is 19.3. The summed E-state index contributed by atoms with van der Waals surface area (Å²) in [5.74, 6) is 0.736. The third kappa shape index (κ3) is 9.14. The van der Waals surface area contributed by atoms with Gasteiger partial charge in [-0.1, -0.05) is 108 Å². The molecule has 2 saturated heterocycles. The van der Waals surface area contributed by atoms with E-state index in [4.69, 9.17) is 4.74 Å². The van der Waals surface area contributed by atoms with Gasteiger partial charge in [0.1, 0.15) is 5.75 Å². The summed E-state index contributed by atoms with van der Waals surface area (Å²) >= 11 is 0. The Bertz CT molecular complexity index is 2830. The van der Waals surface area contributed by atoms with Gasteiger partial charge in [0.2, 0.25) is 0 Å². The molecule has 13 nitrogen and oxygen atoms in total. The Labute approximate surface area is 409 Å². The SMILES string of the molecule is COc1ccc(CN2CC3(CCC(c4ccccc4)(N(C)C)CC3)N(S(=O)(=O)c3ccc(C)cc3)C2=O)cc1.Cc1ccc(S(=O)(=O)N2C(=O)NCC23CCC(c2ccccc2)(N(C)C)CC3)cc1. The van der Waals surface area contributed by atoms with E-state index in [0.29, 0.717) is 45.3 Å². The van der Waals surface area contributed by atoms with Crippen LogP contribution in [-0.4, -0.2) is 112 Å². The lowest BCUT2D eigenvalue weighted by molar-refractivity contribution is 0.0447. The minimum atomic E-state index is -4.06. The third-order valence-electron chi connectivity index (χ3n) is 15.5. The van der Waals surface area contributed by atoms with Crippen LogP contribution in [0.5, 0.6) is 5.75 Å². The van der Waals surface area contributed by atoms with E-state index in [2.05, 4.69) is 79.7 Å². The van der Waals surface area contributed by atoms with Crippen molar-refractivity contribution in [3.63, 3.8) is 0 Å². The molecule has 0 bridgehead atoms. The first-order valence-electron chi connectivity index (χ1n) is 23.7. The maximum Gasteiger partial charge on any atom is 0.334 e. The van der Waals surface area contributed by atoms with Gasteiger partial charge in [-0.25, -0.2) is 35.0 Å². The van der Waals surface area contributed by atoms with E-state index in [0.717, 1.165) is 52.4 Å². The van der Waals surface area contributed by atoms with E-state index in [-0.39, 0.29) is 20.9 Å². The lowest BCUT2D eigenvalue weighted by atomic mass is 9.69. The van der Waals surface area contributed by atoms with E-state index in [1.807, 2.05) is 62.4 Å². The molecule has 0 radical (unpaired) electrons. The highest BCUT2D eigenvalue weighted by molar-refractivity contribution is 7.90. The first-order chi connectivity index (χ1) is 32.8. The number of ether oxygens (including phenoxy) is 1. The summed E-state index contributed by atoms with van der Waals surface area (Å²) in [6.45, 7) is 4.88. The molecule has 4 aliphatic rings. The highest BCUT2D eigenvalue weighted by Gasteiger charge is 2.59. The van der Waals surface area contributed by atoms with Crippen LogP contribution in [0.25, 0.3) is 0 Å². The van der Waals surface area contributed by atoms with Gasteiger partial charge in [-0.15, -0.1) is 0 Å². The van der Waals surface area contributed by atoms with E-state index < -0.39 is 43.2 Å². The van der Waals surface area contributed by atoms with Gasteiger partial charge < -0.3 is 15.0 Å². The molecular weight excluding hydrogens is 909 g/mol. The van der Waals surface area contributed by atoms with Gasteiger partial charge in [0.05, 0.1) is 28.0 Å². The number of hydrogen-bond donors (Lipinski definition) is 1. The number of sulfonamides is 2. The quantitative estimate of drug-likeness (QED) is 0.138. The average molecular weight is 975 g/mol. The van der Waals surface area contributed by atoms with Gasteiger partial charge >= 0.3 is 12.1 Å². The number of rotatable bonds is 11. The van der Waals surface area contributed by atoms with Crippen LogP contribution in [-0.2, 0) is 37.7 Å². The van der Waals surface area contributed by atoms with Crippen molar-refractivity contribution in [3.05, 3.63) is 161 Å². The molecule has 2 spiro atoms. The van der Waals surface area contributed by atoms with Crippen LogP contribution in [0.1, 0.15) is 79.2 Å². The Kier molecular flexibility index (Phi) is 13.8. The summed E-state index contributed by atoms with van der Waals surface area (Å²) in [5, 5.41) is 2.81. The lowest BCUT2D eigenvalue weighted by Crippen LogP contribution is -2.56. The molecule has 15 heteroatoms. The number of nitrogens with zero attached hydrogens (tertiary/aromatic N) is 5. The maximum absolute atomic E-state index is 14.1. The zero-order valence-corrected chi connectivity index (χ0v) is 42.5. The molecule has 69 heavy (non-hydrogen) atoms. The number of amides is 4. The van der Waals surface area contributed by atoms with Crippen LogP contribution in [0, 0.1) is 13.8 Å². The van der Waals surface area contributed by atoms with Gasteiger partial charge in [0.25, 0.3) is 20.0 Å². The fourth-order valence-electron chi connectivity index (χ4n) is 11.3. The van der Waals surface area contributed by atoms with E-state index in [1.165, 1.54) is 15.4 Å². The topological polar surface area (TPSA) is 140 Å². The van der Waals surface area contributed by atoms with Crippen LogP contribution in [0.4, 0.5) is 9.59 Å². The fourth-order valence-corrected chi connectivity index (χ4v) is 14.8. The van der Waals surface area contributed by atoms with Crippen molar-refractivity contribution in [1.29, 1.82) is 0 Å². The van der Waals surface area contributed by atoms with Gasteiger partial charge in [-0.3, -0.25) is 9.80 Å². The summed E-state index contributed by atoms with van der Waals surface area (Å²) in [5.41, 5.74) is 3.38. The first kappa shape index (κ1) is 49.7. The molecule has 2 heterocycles. The summed E-state index contributed by atoms with van der Waals surface area (Å²) in [6, 6.07) is 40.8. The van der Waals surface area contributed by atoms with Crippen molar-refractivity contribution in [2.24, 2.45) is 0 Å². The summed E-state index contributed by atoms with van der Waals surface area (Å²) in [4.78, 5) is 33.2. The van der Waals surface area contributed by atoms with Crippen molar-refractivity contribution in [2.45, 2.75) is 104 Å². The molecule has 5 aromatic rings. The number of aryl methyl sites for hydroxylation is 2. The van der Waals surface area contributed by atoms with Crippen LogP contribution in [0.15, 0.2) is 143 Å². The molecule has 2 saturated carbocycles. The molecule has 4 fully saturated rings. The molecule has 2 aliphatic carbocycles. The average Bonchev–Trinajstić information content (AvgIpc) is 3.82. The molecule has 0 unspecified atom stereocenters. The standard InChI is InChI=1S/C31H37N3O4S.C23H29N3O3S/c1-24-10-16-28(17-11-24)39(36,37)34-29(35)33(22-25-12-14-27(38-4)15-13-25)23-30(34)18-20-31(21-19-30,32(2)3)26-8-6-5-7-9-26;1-18-9-11-20(12-10-18)30(28,29)26-21(27)24-17-22(26)13-15-23(16-14-22,25(2)3)19-7-5-4-6-8-19/h5-17H,18-23H2,1-4H3;4-12H,13-17H2,1-3H3,(H,24,27). The predicted octanol–water partition coefficient (Wildman–Crippen LogP) is 8.88. The minimum absolute atomic E-state index is 0.152. The summed E-state index contributed by atoms with van der Waals surface area (Å²) in [7, 11) is 1.94. The van der Waals surface area contributed by atoms with Gasteiger partial charge in [-0.2, -0.15) is 0 Å². The van der Waals surface area contributed by atoms with Crippen LogP contribution in [0.3, 0.4) is 0 Å². The Balaban J connectivity index is 0.000000192. The number of hydrogen-bond acceptors (Lipinski definition) is 9. The number of carbonyl (C=O) groups is 2. The summed E-state index contributed by atoms with van der Waals surface area (Å²) in [6.07, 6.45) is 5.43. The van der Waals surface area contributed by atoms with Gasteiger partial charge in [0, 0.05) is 30.7 Å². The number of methoxy groups -OCH3 is 1. The normalized spacial score (nSPS) is 25.0. The molecule has 4 amide bonds. The number of benzene rings is 5. The van der Waals surface area contributed by atoms with Crippen LogP contribution < -0.4 is 10.1 Å². The Morgan fingerprint density at radius 3 is 1.39 bits per heavy atom. The first-order valence-corrected chi connectivity index (χ1v) is 26.6. The predicted molar refractivity (Wildman–Crippen MR) is 269 cm³/mol. The second-order valence-electron chi connectivity index (χ2n) is 19.8. The van der Waals surface area contributed by atoms with Crippen LogP contribution in [0.2, 0.25) is 0 Å². The number of urea groups is 2. The van der Waals surface area contributed by atoms with Gasteiger partial charge in [-0.05, 0) is 146 Å². The molecular formula is C54H66N6O7S2. The van der Waals surface area contributed by atoms with Crippen molar-refractivity contribution in [1.82, 2.24) is 28.6 Å². The van der Waals surface area contributed by atoms with E-state index in [9.17, 15) is 26.4 Å².